The molecule has 0 heterocycles. The van der Waals surface area contributed by atoms with Crippen LogP contribution in [0.15, 0.2) is 30.2 Å². The summed E-state index contributed by atoms with van der Waals surface area (Å²) < 4.78 is 23.9. The van der Waals surface area contributed by atoms with E-state index in [-0.39, 0.29) is 10.6 Å². The first-order valence-electron chi connectivity index (χ1n) is 4.00. The number of rotatable bonds is 3. The number of carbonyl (C=O) groups excluding carboxylic acids is 1. The summed E-state index contributed by atoms with van der Waals surface area (Å²) in [5, 5.41) is 1.06. The van der Waals surface area contributed by atoms with Crippen LogP contribution < -0.4 is 4.72 Å². The third kappa shape index (κ3) is 3.23. The number of hydrogen-bond acceptors (Lipinski definition) is 3. The second-order valence-corrected chi connectivity index (χ2v) is 5.24. The van der Waals surface area contributed by atoms with Crippen molar-refractivity contribution in [2.45, 2.75) is 0 Å². The highest BCUT2D eigenvalue weighted by Gasteiger charge is 2.15. The largest absolute Gasteiger partial charge is 0.268 e. The molecule has 16 heavy (non-hydrogen) atoms. The Morgan fingerprint density at radius 1 is 1.38 bits per heavy atom. The Morgan fingerprint density at radius 2 is 2.00 bits per heavy atom. The maximum atomic E-state index is 11.5. The van der Waals surface area contributed by atoms with Crippen molar-refractivity contribution in [1.82, 2.24) is 4.72 Å². The number of hydrogen-bond donors (Lipinski definition) is 1. The Balaban J connectivity index is 3.03. The smallest absolute Gasteiger partial charge is 0.266 e. The molecule has 0 atom stereocenters. The van der Waals surface area contributed by atoms with Crippen molar-refractivity contribution in [2.75, 3.05) is 0 Å². The van der Waals surface area contributed by atoms with E-state index in [1.54, 1.807) is 4.72 Å². The molecule has 4 nitrogen and oxygen atoms in total. The predicted octanol–water partition coefficient (Wildman–Crippen LogP) is 2.20. The summed E-state index contributed by atoms with van der Waals surface area (Å²) in [6, 6.07) is 4.11. The lowest BCUT2D eigenvalue weighted by Crippen LogP contribution is -2.28. The Kier molecular flexibility index (Phi) is 3.96. The molecule has 0 aliphatic rings. The Hall–Kier alpha value is -1.04. The third-order valence-corrected chi connectivity index (χ3v) is 3.09. The van der Waals surface area contributed by atoms with Gasteiger partial charge in [0.05, 0.1) is 10.6 Å². The zero-order chi connectivity index (χ0) is 12.3. The normalized spacial score (nSPS) is 10.9. The zero-order valence-electron chi connectivity index (χ0n) is 7.91. The van der Waals surface area contributed by atoms with Crippen LogP contribution in [0, 0.1) is 0 Å². The molecular formula is C9H7Cl2NO3S. The molecule has 0 aromatic heterocycles. The monoisotopic (exact) mass is 279 g/mol. The first-order chi connectivity index (χ1) is 7.35. The number of halogens is 2. The van der Waals surface area contributed by atoms with Crippen LogP contribution >= 0.6 is 23.2 Å². The maximum Gasteiger partial charge on any atom is 0.266 e. The fraction of sp³-hybridized carbons (Fsp3) is 0. The molecule has 1 aromatic carbocycles. The molecule has 0 saturated carbocycles. The van der Waals surface area contributed by atoms with Gasteiger partial charge < -0.3 is 0 Å². The molecule has 1 rings (SSSR count). The maximum absolute atomic E-state index is 11.5. The lowest BCUT2D eigenvalue weighted by molar-refractivity contribution is 0.0982. The molecule has 0 aliphatic heterocycles. The molecule has 0 bridgehead atoms. The van der Waals surface area contributed by atoms with E-state index >= 15 is 0 Å². The molecule has 1 aromatic rings. The van der Waals surface area contributed by atoms with E-state index < -0.39 is 15.9 Å². The number of nitrogens with one attached hydrogen (secondary N) is 1. The fourth-order valence-corrected chi connectivity index (χ4v) is 1.85. The molecule has 7 heteroatoms. The first-order valence-corrected chi connectivity index (χ1v) is 6.30. The SMILES string of the molecule is C=CS(=O)(=O)NC(=O)c1ccc(Cl)cc1Cl. The van der Waals surface area contributed by atoms with Crippen molar-refractivity contribution in [3.63, 3.8) is 0 Å². The summed E-state index contributed by atoms with van der Waals surface area (Å²) in [6.07, 6.45) is 0. The van der Waals surface area contributed by atoms with Crippen LogP contribution in [0.1, 0.15) is 10.4 Å². The summed E-state index contributed by atoms with van der Waals surface area (Å²) in [5.74, 6) is -0.832. The van der Waals surface area contributed by atoms with Crippen molar-refractivity contribution in [3.8, 4) is 0 Å². The van der Waals surface area contributed by atoms with Crippen LogP contribution in [0.2, 0.25) is 10.0 Å². The van der Waals surface area contributed by atoms with Gasteiger partial charge in [-0.15, -0.1) is 0 Å². The fourth-order valence-electron chi connectivity index (χ4n) is 0.899. The van der Waals surface area contributed by atoms with E-state index in [0.29, 0.717) is 10.4 Å². The van der Waals surface area contributed by atoms with Crippen molar-refractivity contribution < 1.29 is 13.2 Å². The molecular weight excluding hydrogens is 273 g/mol. The minimum atomic E-state index is -3.82. The average molecular weight is 280 g/mol. The lowest BCUT2D eigenvalue weighted by Gasteiger charge is -2.04. The van der Waals surface area contributed by atoms with E-state index in [9.17, 15) is 13.2 Å². The molecule has 1 amide bonds. The number of benzene rings is 1. The van der Waals surface area contributed by atoms with Gasteiger partial charge in [0.15, 0.2) is 0 Å². The summed E-state index contributed by atoms with van der Waals surface area (Å²) in [6.45, 7) is 3.06. The predicted molar refractivity (Wildman–Crippen MR) is 63.0 cm³/mol. The van der Waals surface area contributed by atoms with Gasteiger partial charge in [-0.1, -0.05) is 29.8 Å². The van der Waals surface area contributed by atoms with Crippen molar-refractivity contribution in [2.24, 2.45) is 0 Å². The Morgan fingerprint density at radius 3 is 2.50 bits per heavy atom. The number of amides is 1. The van der Waals surface area contributed by atoms with E-state index in [4.69, 9.17) is 23.2 Å². The molecule has 86 valence electrons. The Labute approximate surface area is 103 Å². The highest BCUT2D eigenvalue weighted by Crippen LogP contribution is 2.20. The molecule has 0 saturated heterocycles. The van der Waals surface area contributed by atoms with E-state index in [1.165, 1.54) is 18.2 Å². The lowest BCUT2D eigenvalue weighted by atomic mass is 10.2. The average Bonchev–Trinajstić information content (AvgIpc) is 2.16. The molecule has 0 aliphatic carbocycles. The van der Waals surface area contributed by atoms with Crippen molar-refractivity contribution >= 4 is 39.1 Å². The highest BCUT2D eigenvalue weighted by molar-refractivity contribution is 7.92. The minimum Gasteiger partial charge on any atom is -0.268 e. The zero-order valence-corrected chi connectivity index (χ0v) is 10.2. The van der Waals surface area contributed by atoms with Crippen LogP contribution in [0.5, 0.6) is 0 Å². The second kappa shape index (κ2) is 4.86. The highest BCUT2D eigenvalue weighted by atomic mass is 35.5. The van der Waals surface area contributed by atoms with Gasteiger partial charge in [0, 0.05) is 10.4 Å². The number of sulfonamides is 1. The van der Waals surface area contributed by atoms with Gasteiger partial charge in [0.2, 0.25) is 0 Å². The van der Waals surface area contributed by atoms with E-state index in [0.717, 1.165) is 0 Å². The van der Waals surface area contributed by atoms with Crippen LogP contribution in [0.25, 0.3) is 0 Å². The van der Waals surface area contributed by atoms with Crippen LogP contribution in [0.3, 0.4) is 0 Å². The van der Waals surface area contributed by atoms with Gasteiger partial charge in [0.1, 0.15) is 0 Å². The van der Waals surface area contributed by atoms with Crippen LogP contribution in [0.4, 0.5) is 0 Å². The minimum absolute atomic E-state index is 0.0245. The van der Waals surface area contributed by atoms with Crippen LogP contribution in [-0.4, -0.2) is 14.3 Å². The molecule has 0 fully saturated rings. The molecule has 0 unspecified atom stereocenters. The molecule has 1 N–H and O–H groups in total. The van der Waals surface area contributed by atoms with Gasteiger partial charge in [-0.3, -0.25) is 4.79 Å². The first kappa shape index (κ1) is 13.0. The van der Waals surface area contributed by atoms with Crippen molar-refractivity contribution in [1.29, 1.82) is 0 Å². The van der Waals surface area contributed by atoms with Crippen molar-refractivity contribution in [3.05, 3.63) is 45.8 Å². The summed E-state index contributed by atoms with van der Waals surface area (Å²) in [7, 11) is -3.82. The molecule has 0 spiro atoms. The van der Waals surface area contributed by atoms with Gasteiger partial charge in [-0.2, -0.15) is 0 Å². The standard InChI is InChI=1S/C9H7Cl2NO3S/c1-2-16(14,15)12-9(13)7-4-3-6(10)5-8(7)11/h2-5H,1H2,(H,12,13). The van der Waals surface area contributed by atoms with Gasteiger partial charge in [0.25, 0.3) is 15.9 Å². The molecule has 0 radical (unpaired) electrons. The summed E-state index contributed by atoms with van der Waals surface area (Å²) in [5.41, 5.74) is 0.0245. The quantitative estimate of drug-likeness (QED) is 0.923. The van der Waals surface area contributed by atoms with Gasteiger partial charge in [-0.25, -0.2) is 13.1 Å². The second-order valence-electron chi connectivity index (χ2n) is 2.77. The summed E-state index contributed by atoms with van der Waals surface area (Å²) >= 11 is 11.4. The van der Waals surface area contributed by atoms with E-state index in [2.05, 4.69) is 6.58 Å². The van der Waals surface area contributed by atoms with Gasteiger partial charge in [-0.05, 0) is 18.2 Å². The topological polar surface area (TPSA) is 63.2 Å². The van der Waals surface area contributed by atoms with Crippen LogP contribution in [-0.2, 0) is 10.0 Å². The number of carbonyl (C=O) groups is 1. The third-order valence-electron chi connectivity index (χ3n) is 1.63. The summed E-state index contributed by atoms with van der Waals surface area (Å²) in [4.78, 5) is 11.5. The van der Waals surface area contributed by atoms with E-state index in [1.807, 2.05) is 0 Å². The Bertz CT molecular complexity index is 540. The van der Waals surface area contributed by atoms with Gasteiger partial charge >= 0.3 is 0 Å².